The number of likely N-dealkylation sites (tertiary alicyclic amines) is 1. The minimum atomic E-state index is 0.298. The lowest BCUT2D eigenvalue weighted by molar-refractivity contribution is -0.133. The topological polar surface area (TPSA) is 39.7 Å². The molecule has 0 saturated carbocycles. The summed E-state index contributed by atoms with van der Waals surface area (Å²) in [5.41, 5.74) is 1.25. The van der Waals surface area contributed by atoms with Gasteiger partial charge in [-0.15, -0.1) is 0 Å². The van der Waals surface area contributed by atoms with Gasteiger partial charge in [-0.3, -0.25) is 9.69 Å². The Balaban J connectivity index is 1.50. The van der Waals surface area contributed by atoms with Gasteiger partial charge in [0.15, 0.2) is 0 Å². The molecule has 0 aromatic carbocycles. The minimum Gasteiger partial charge on any atom is -0.354 e. The van der Waals surface area contributed by atoms with Crippen molar-refractivity contribution in [2.24, 2.45) is 5.92 Å². The summed E-state index contributed by atoms with van der Waals surface area (Å²) in [6, 6.07) is 4.12. The highest BCUT2D eigenvalue weighted by Gasteiger charge is 2.26. The number of piperazine rings is 1. The molecule has 2 aliphatic heterocycles. The molecule has 5 nitrogen and oxygen atoms in total. The van der Waals surface area contributed by atoms with Gasteiger partial charge < -0.3 is 9.80 Å². The van der Waals surface area contributed by atoms with Crippen molar-refractivity contribution in [3.63, 3.8) is 0 Å². The maximum atomic E-state index is 11.6. The largest absolute Gasteiger partial charge is 0.354 e. The normalized spacial score (nSPS) is 23.9. The summed E-state index contributed by atoms with van der Waals surface area (Å²) in [6.07, 6.45) is 3.64. The van der Waals surface area contributed by atoms with Crippen LogP contribution < -0.4 is 4.90 Å². The Kier molecular flexibility index (Phi) is 4.62. The molecular weight excluding hydrogens is 276 g/mol. The number of carbonyl (C=O) groups is 1. The summed E-state index contributed by atoms with van der Waals surface area (Å²) in [5.74, 6) is 2.06. The van der Waals surface area contributed by atoms with Gasteiger partial charge >= 0.3 is 0 Å². The SMILES string of the molecule is Cc1cccnc1N1CCN(CC2CCC(=O)N(C)C2)CC1. The predicted octanol–water partition coefficient (Wildman–Crippen LogP) is 1.38. The number of aryl methyl sites for hydroxylation is 1. The van der Waals surface area contributed by atoms with Crippen molar-refractivity contribution in [2.45, 2.75) is 19.8 Å². The molecule has 2 aliphatic rings. The second-order valence-corrected chi connectivity index (χ2v) is 6.61. The molecule has 0 N–H and O–H groups in total. The number of pyridine rings is 1. The maximum absolute atomic E-state index is 11.6. The van der Waals surface area contributed by atoms with Crippen molar-refractivity contribution < 1.29 is 4.79 Å². The molecule has 3 rings (SSSR count). The molecule has 22 heavy (non-hydrogen) atoms. The molecule has 1 atom stereocenters. The standard InChI is InChI=1S/C17H26N4O/c1-14-4-3-7-18-17(14)21-10-8-20(9-11-21)13-15-5-6-16(22)19(2)12-15/h3-4,7,15H,5-6,8-13H2,1-2H3. The maximum Gasteiger partial charge on any atom is 0.222 e. The fraction of sp³-hybridized carbons (Fsp3) is 0.647. The molecule has 0 aliphatic carbocycles. The molecule has 1 aromatic heterocycles. The molecule has 1 unspecified atom stereocenters. The first-order chi connectivity index (χ1) is 10.6. The number of amides is 1. The zero-order valence-electron chi connectivity index (χ0n) is 13.7. The fourth-order valence-corrected chi connectivity index (χ4v) is 3.56. The molecule has 0 radical (unpaired) electrons. The van der Waals surface area contributed by atoms with Crippen LogP contribution in [0, 0.1) is 12.8 Å². The molecule has 5 heteroatoms. The molecular formula is C17H26N4O. The number of piperidine rings is 1. The third kappa shape index (κ3) is 3.40. The quantitative estimate of drug-likeness (QED) is 0.846. The summed E-state index contributed by atoms with van der Waals surface area (Å²) >= 11 is 0. The second kappa shape index (κ2) is 6.65. The van der Waals surface area contributed by atoms with Crippen molar-refractivity contribution in [3.05, 3.63) is 23.9 Å². The number of aromatic nitrogens is 1. The molecule has 1 aromatic rings. The molecule has 2 saturated heterocycles. The summed E-state index contributed by atoms with van der Waals surface area (Å²) in [4.78, 5) is 22.9. The van der Waals surface area contributed by atoms with Crippen LogP contribution in [0.5, 0.6) is 0 Å². The van der Waals surface area contributed by atoms with Gasteiger partial charge in [0.25, 0.3) is 0 Å². The number of hydrogen-bond donors (Lipinski definition) is 0. The Morgan fingerprint density at radius 1 is 1.27 bits per heavy atom. The van der Waals surface area contributed by atoms with E-state index in [-0.39, 0.29) is 0 Å². The average Bonchev–Trinajstić information content (AvgIpc) is 2.52. The number of hydrogen-bond acceptors (Lipinski definition) is 4. The van der Waals surface area contributed by atoms with Gasteiger partial charge in [0.05, 0.1) is 0 Å². The molecule has 0 bridgehead atoms. The highest BCUT2D eigenvalue weighted by molar-refractivity contribution is 5.76. The highest BCUT2D eigenvalue weighted by atomic mass is 16.2. The van der Waals surface area contributed by atoms with Gasteiger partial charge in [0, 0.05) is 58.9 Å². The third-order valence-electron chi connectivity index (χ3n) is 4.89. The number of anilines is 1. The van der Waals surface area contributed by atoms with Gasteiger partial charge in [0.2, 0.25) is 5.91 Å². The van der Waals surface area contributed by atoms with E-state index in [4.69, 9.17) is 0 Å². The van der Waals surface area contributed by atoms with Gasteiger partial charge in [0.1, 0.15) is 5.82 Å². The summed E-state index contributed by atoms with van der Waals surface area (Å²) in [7, 11) is 1.93. The van der Waals surface area contributed by atoms with Gasteiger partial charge in [-0.05, 0) is 30.9 Å². The van der Waals surface area contributed by atoms with E-state index >= 15 is 0 Å². The van der Waals surface area contributed by atoms with Crippen molar-refractivity contribution in [1.82, 2.24) is 14.8 Å². The second-order valence-electron chi connectivity index (χ2n) is 6.61. The lowest BCUT2D eigenvalue weighted by Gasteiger charge is -2.39. The van der Waals surface area contributed by atoms with Crippen molar-refractivity contribution in [1.29, 1.82) is 0 Å². The van der Waals surface area contributed by atoms with Crippen LogP contribution >= 0.6 is 0 Å². The molecule has 0 spiro atoms. The Hall–Kier alpha value is -1.62. The lowest BCUT2D eigenvalue weighted by atomic mass is 9.97. The summed E-state index contributed by atoms with van der Waals surface area (Å²) < 4.78 is 0. The fourth-order valence-electron chi connectivity index (χ4n) is 3.56. The van der Waals surface area contributed by atoms with Crippen LogP contribution in [0.3, 0.4) is 0 Å². The van der Waals surface area contributed by atoms with Gasteiger partial charge in [-0.25, -0.2) is 4.98 Å². The Labute approximate surface area is 132 Å². The van der Waals surface area contributed by atoms with Crippen LogP contribution in [0.15, 0.2) is 18.3 Å². The monoisotopic (exact) mass is 302 g/mol. The van der Waals surface area contributed by atoms with Crippen LogP contribution in [-0.2, 0) is 4.79 Å². The predicted molar refractivity (Wildman–Crippen MR) is 88.0 cm³/mol. The Bertz CT molecular complexity index is 525. The van der Waals surface area contributed by atoms with E-state index in [1.165, 1.54) is 5.56 Å². The first-order valence-corrected chi connectivity index (χ1v) is 8.26. The zero-order valence-corrected chi connectivity index (χ0v) is 13.7. The van der Waals surface area contributed by atoms with Crippen LogP contribution in [0.1, 0.15) is 18.4 Å². The minimum absolute atomic E-state index is 0.298. The Morgan fingerprint density at radius 3 is 2.73 bits per heavy atom. The van der Waals surface area contributed by atoms with Crippen LogP contribution in [0.25, 0.3) is 0 Å². The van der Waals surface area contributed by atoms with Gasteiger partial charge in [-0.1, -0.05) is 6.07 Å². The van der Waals surface area contributed by atoms with Crippen LogP contribution in [0.4, 0.5) is 5.82 Å². The highest BCUT2D eigenvalue weighted by Crippen LogP contribution is 2.21. The smallest absolute Gasteiger partial charge is 0.222 e. The lowest BCUT2D eigenvalue weighted by Crippen LogP contribution is -2.50. The summed E-state index contributed by atoms with van der Waals surface area (Å²) in [5, 5.41) is 0. The van der Waals surface area contributed by atoms with E-state index in [1.54, 1.807) is 0 Å². The van der Waals surface area contributed by atoms with Crippen molar-refractivity contribution in [2.75, 3.05) is 51.2 Å². The van der Waals surface area contributed by atoms with Crippen LogP contribution in [0.2, 0.25) is 0 Å². The molecule has 120 valence electrons. The molecule has 2 fully saturated rings. The number of nitrogens with zero attached hydrogens (tertiary/aromatic N) is 4. The van der Waals surface area contributed by atoms with Crippen molar-refractivity contribution >= 4 is 11.7 Å². The average molecular weight is 302 g/mol. The van der Waals surface area contributed by atoms with E-state index in [1.807, 2.05) is 24.2 Å². The number of rotatable bonds is 3. The molecule has 3 heterocycles. The first kappa shape index (κ1) is 15.3. The van der Waals surface area contributed by atoms with Gasteiger partial charge in [-0.2, -0.15) is 0 Å². The zero-order chi connectivity index (χ0) is 15.5. The van der Waals surface area contributed by atoms with E-state index in [0.717, 1.165) is 51.5 Å². The van der Waals surface area contributed by atoms with Crippen LogP contribution in [-0.4, -0.2) is 67.0 Å². The van der Waals surface area contributed by atoms with E-state index in [9.17, 15) is 4.79 Å². The first-order valence-electron chi connectivity index (χ1n) is 8.26. The Morgan fingerprint density at radius 2 is 2.05 bits per heavy atom. The van der Waals surface area contributed by atoms with Crippen molar-refractivity contribution in [3.8, 4) is 0 Å². The van der Waals surface area contributed by atoms with E-state index < -0.39 is 0 Å². The van der Waals surface area contributed by atoms with E-state index in [2.05, 4.69) is 27.8 Å². The molecule has 1 amide bonds. The van der Waals surface area contributed by atoms with E-state index in [0.29, 0.717) is 18.2 Å². The summed E-state index contributed by atoms with van der Waals surface area (Å²) in [6.45, 7) is 8.42. The third-order valence-corrected chi connectivity index (χ3v) is 4.89. The number of carbonyl (C=O) groups excluding carboxylic acids is 1.